The zero-order valence-corrected chi connectivity index (χ0v) is 7.93. The fraction of sp³-hybridized carbons (Fsp3) is 0.400. The molecule has 0 bridgehead atoms. The molecule has 0 aromatic heterocycles. The molecule has 1 aliphatic heterocycles. The van der Waals surface area contributed by atoms with Crippen molar-refractivity contribution in [1.29, 1.82) is 0 Å². The Labute approximate surface area is 85.4 Å². The maximum atomic E-state index is 13.5. The van der Waals surface area contributed by atoms with Crippen molar-refractivity contribution < 1.29 is 19.0 Å². The van der Waals surface area contributed by atoms with Crippen LogP contribution < -0.4 is 5.32 Å². The summed E-state index contributed by atoms with van der Waals surface area (Å²) < 4.78 is 26.9. The van der Waals surface area contributed by atoms with Gasteiger partial charge in [0, 0.05) is 24.1 Å². The van der Waals surface area contributed by atoms with E-state index in [1.165, 1.54) is 0 Å². The lowest BCUT2D eigenvalue weighted by atomic mass is 9.96. The van der Waals surface area contributed by atoms with Gasteiger partial charge in [-0.05, 0) is 13.0 Å². The maximum absolute atomic E-state index is 13.5. The smallest absolute Gasteiger partial charge is 0.171 e. The van der Waals surface area contributed by atoms with E-state index in [9.17, 15) is 8.78 Å². The quantitative estimate of drug-likeness (QED) is 0.664. The number of rotatable bonds is 1. The standard InChI is InChI=1S/C10H11F2NO2/c11-9-6(14)3-7(15)10(12)8(9)5-1-2-13-4-5/h3,5,13-15H,1-2,4H2. The molecule has 5 heteroatoms. The van der Waals surface area contributed by atoms with Crippen molar-refractivity contribution in [2.75, 3.05) is 13.1 Å². The second kappa shape index (κ2) is 3.66. The minimum absolute atomic E-state index is 0.225. The number of halogens is 2. The lowest BCUT2D eigenvalue weighted by Crippen LogP contribution is -2.10. The van der Waals surface area contributed by atoms with Crippen molar-refractivity contribution in [3.63, 3.8) is 0 Å². The van der Waals surface area contributed by atoms with E-state index in [0.29, 0.717) is 25.6 Å². The fourth-order valence-corrected chi connectivity index (χ4v) is 1.89. The minimum atomic E-state index is -0.973. The summed E-state index contributed by atoms with van der Waals surface area (Å²) in [5.41, 5.74) is -0.225. The average Bonchev–Trinajstić information content (AvgIpc) is 2.69. The van der Waals surface area contributed by atoms with Gasteiger partial charge in [0.25, 0.3) is 0 Å². The minimum Gasteiger partial charge on any atom is -0.505 e. The van der Waals surface area contributed by atoms with Crippen LogP contribution in [-0.2, 0) is 0 Å². The van der Waals surface area contributed by atoms with Gasteiger partial charge < -0.3 is 15.5 Å². The number of phenols is 2. The van der Waals surface area contributed by atoms with Crippen LogP contribution in [0.3, 0.4) is 0 Å². The van der Waals surface area contributed by atoms with E-state index < -0.39 is 23.1 Å². The van der Waals surface area contributed by atoms with Crippen molar-refractivity contribution in [3.05, 3.63) is 23.3 Å². The van der Waals surface area contributed by atoms with Gasteiger partial charge in [-0.1, -0.05) is 0 Å². The van der Waals surface area contributed by atoms with Gasteiger partial charge in [0.05, 0.1) is 0 Å². The molecule has 0 saturated carbocycles. The highest BCUT2D eigenvalue weighted by molar-refractivity contribution is 5.42. The number of aromatic hydroxyl groups is 2. The second-order valence-electron chi connectivity index (χ2n) is 3.65. The molecular weight excluding hydrogens is 204 g/mol. The van der Waals surface area contributed by atoms with Crippen LogP contribution in [0.5, 0.6) is 11.5 Å². The molecule has 1 saturated heterocycles. The molecule has 2 rings (SSSR count). The Balaban J connectivity index is 2.52. The van der Waals surface area contributed by atoms with Gasteiger partial charge in [0.15, 0.2) is 23.1 Å². The van der Waals surface area contributed by atoms with Crippen LogP contribution in [0.2, 0.25) is 0 Å². The summed E-state index contributed by atoms with van der Waals surface area (Å²) in [6.45, 7) is 1.14. The van der Waals surface area contributed by atoms with Gasteiger partial charge in [0.2, 0.25) is 0 Å². The lowest BCUT2D eigenvalue weighted by Gasteiger charge is -2.13. The van der Waals surface area contributed by atoms with Crippen LogP contribution in [0.1, 0.15) is 17.9 Å². The molecule has 1 fully saturated rings. The van der Waals surface area contributed by atoms with Crippen LogP contribution in [0.25, 0.3) is 0 Å². The van der Waals surface area contributed by atoms with E-state index in [4.69, 9.17) is 10.2 Å². The predicted molar refractivity (Wildman–Crippen MR) is 49.9 cm³/mol. The van der Waals surface area contributed by atoms with Crippen LogP contribution in [0, 0.1) is 11.6 Å². The zero-order valence-electron chi connectivity index (χ0n) is 7.93. The Morgan fingerprint density at radius 2 is 1.80 bits per heavy atom. The summed E-state index contributed by atoms with van der Waals surface area (Å²) in [5.74, 6) is -3.70. The molecule has 0 aliphatic carbocycles. The van der Waals surface area contributed by atoms with Crippen LogP contribution >= 0.6 is 0 Å². The van der Waals surface area contributed by atoms with Gasteiger partial charge in [-0.25, -0.2) is 8.78 Å². The first-order chi connectivity index (χ1) is 7.11. The van der Waals surface area contributed by atoms with Gasteiger partial charge >= 0.3 is 0 Å². The van der Waals surface area contributed by atoms with E-state index in [2.05, 4.69) is 5.32 Å². The topological polar surface area (TPSA) is 52.5 Å². The molecule has 0 amide bonds. The largest absolute Gasteiger partial charge is 0.505 e. The van der Waals surface area contributed by atoms with E-state index in [1.54, 1.807) is 0 Å². The summed E-state index contributed by atoms with van der Waals surface area (Å²) in [6.07, 6.45) is 0.594. The summed E-state index contributed by atoms with van der Waals surface area (Å²) in [4.78, 5) is 0. The Morgan fingerprint density at radius 1 is 1.20 bits per heavy atom. The molecule has 1 unspecified atom stereocenters. The van der Waals surface area contributed by atoms with Gasteiger partial charge in [0.1, 0.15) is 0 Å². The van der Waals surface area contributed by atoms with Crippen molar-refractivity contribution in [1.82, 2.24) is 5.32 Å². The van der Waals surface area contributed by atoms with Gasteiger partial charge in [-0.2, -0.15) is 0 Å². The third kappa shape index (κ3) is 1.63. The van der Waals surface area contributed by atoms with Gasteiger partial charge in [-0.15, -0.1) is 0 Å². The van der Waals surface area contributed by atoms with E-state index in [1.807, 2.05) is 0 Å². The van der Waals surface area contributed by atoms with Crippen molar-refractivity contribution in [2.24, 2.45) is 0 Å². The molecule has 3 nitrogen and oxygen atoms in total. The van der Waals surface area contributed by atoms with Crippen molar-refractivity contribution in [3.8, 4) is 11.5 Å². The molecule has 0 spiro atoms. The Bertz CT molecular complexity index is 363. The zero-order chi connectivity index (χ0) is 11.0. The molecule has 15 heavy (non-hydrogen) atoms. The normalized spacial score (nSPS) is 20.8. The molecule has 1 atom stereocenters. The first-order valence-corrected chi connectivity index (χ1v) is 4.71. The number of hydrogen-bond donors (Lipinski definition) is 3. The van der Waals surface area contributed by atoms with Crippen molar-refractivity contribution >= 4 is 0 Å². The average molecular weight is 215 g/mol. The summed E-state index contributed by atoms with van der Waals surface area (Å²) >= 11 is 0. The van der Waals surface area contributed by atoms with Crippen LogP contribution in [-0.4, -0.2) is 23.3 Å². The molecule has 1 aromatic carbocycles. The Hall–Kier alpha value is -1.36. The molecule has 82 valence electrons. The fourth-order valence-electron chi connectivity index (χ4n) is 1.89. The number of nitrogens with one attached hydrogen (secondary N) is 1. The van der Waals surface area contributed by atoms with Crippen molar-refractivity contribution in [2.45, 2.75) is 12.3 Å². The van der Waals surface area contributed by atoms with Gasteiger partial charge in [-0.3, -0.25) is 0 Å². The summed E-state index contributed by atoms with van der Waals surface area (Å²) in [5, 5.41) is 21.3. The molecule has 1 heterocycles. The van der Waals surface area contributed by atoms with Crippen LogP contribution in [0.15, 0.2) is 6.07 Å². The van der Waals surface area contributed by atoms with E-state index >= 15 is 0 Å². The summed E-state index contributed by atoms with van der Waals surface area (Å²) in [6, 6.07) is 0.677. The molecule has 1 aliphatic rings. The maximum Gasteiger partial charge on any atom is 0.171 e. The predicted octanol–water partition coefficient (Wildman–Crippen LogP) is 1.45. The first kappa shape index (κ1) is 10.2. The molecular formula is C10H11F2NO2. The first-order valence-electron chi connectivity index (χ1n) is 4.71. The third-order valence-corrected chi connectivity index (χ3v) is 2.66. The summed E-state index contributed by atoms with van der Waals surface area (Å²) in [7, 11) is 0. The van der Waals surface area contributed by atoms with E-state index in [-0.39, 0.29) is 11.5 Å². The number of hydrogen-bond acceptors (Lipinski definition) is 3. The Kier molecular flexibility index (Phi) is 2.48. The Morgan fingerprint density at radius 3 is 2.27 bits per heavy atom. The number of benzene rings is 1. The number of phenolic OH excluding ortho intramolecular Hbond substituents is 2. The highest BCUT2D eigenvalue weighted by Gasteiger charge is 2.27. The third-order valence-electron chi connectivity index (χ3n) is 2.66. The molecule has 1 aromatic rings. The van der Waals surface area contributed by atoms with Crippen LogP contribution in [0.4, 0.5) is 8.78 Å². The molecule has 3 N–H and O–H groups in total. The van der Waals surface area contributed by atoms with E-state index in [0.717, 1.165) is 0 Å². The monoisotopic (exact) mass is 215 g/mol. The second-order valence-corrected chi connectivity index (χ2v) is 3.65. The SMILES string of the molecule is Oc1cc(O)c(F)c(C2CCNC2)c1F. The highest BCUT2D eigenvalue weighted by Crippen LogP contribution is 2.36. The lowest BCUT2D eigenvalue weighted by molar-refractivity contribution is 0.385. The molecule has 0 radical (unpaired) electrons. The highest BCUT2D eigenvalue weighted by atomic mass is 19.1.